The largest absolute Gasteiger partial charge is 0.504 e. The number of Topliss-reactive ketones (excluding diaryl/α,β-unsaturated/α-hetero) is 1. The monoisotopic (exact) mass is 245 g/mol. The fourth-order valence-corrected chi connectivity index (χ4v) is 1.58. The number of carbonyl (C=O) groups is 1. The standard InChI is InChI=1S/C13H11NO4/c15-10-2-1-9(12(17)13(10)18)11(16)7-8-3-5-14-6-4-8/h1-6,15,17-18H,7H2. The number of phenols is 3. The van der Waals surface area contributed by atoms with Crippen molar-refractivity contribution in [2.75, 3.05) is 0 Å². The summed E-state index contributed by atoms with van der Waals surface area (Å²) >= 11 is 0. The molecule has 92 valence electrons. The van der Waals surface area contributed by atoms with Gasteiger partial charge in [-0.2, -0.15) is 0 Å². The third kappa shape index (κ3) is 2.24. The van der Waals surface area contributed by atoms with Crippen molar-refractivity contribution in [2.45, 2.75) is 6.42 Å². The van der Waals surface area contributed by atoms with Crippen LogP contribution in [0.1, 0.15) is 15.9 Å². The maximum Gasteiger partial charge on any atom is 0.201 e. The number of aromatic hydroxyl groups is 3. The molecule has 0 amide bonds. The lowest BCUT2D eigenvalue weighted by Gasteiger charge is -2.06. The molecule has 0 saturated heterocycles. The van der Waals surface area contributed by atoms with Crippen molar-refractivity contribution < 1.29 is 20.1 Å². The highest BCUT2D eigenvalue weighted by Gasteiger charge is 2.17. The van der Waals surface area contributed by atoms with E-state index in [1.165, 1.54) is 6.07 Å². The average molecular weight is 245 g/mol. The van der Waals surface area contributed by atoms with Crippen LogP contribution >= 0.6 is 0 Å². The first-order valence-electron chi connectivity index (χ1n) is 5.25. The van der Waals surface area contributed by atoms with Gasteiger partial charge in [-0.05, 0) is 29.8 Å². The Morgan fingerprint density at radius 3 is 2.33 bits per heavy atom. The lowest BCUT2D eigenvalue weighted by atomic mass is 10.0. The average Bonchev–Trinajstić information content (AvgIpc) is 2.37. The Labute approximate surface area is 103 Å². The molecule has 0 aliphatic heterocycles. The molecule has 2 rings (SSSR count). The molecule has 0 spiro atoms. The van der Waals surface area contributed by atoms with Gasteiger partial charge in [0, 0.05) is 18.8 Å². The van der Waals surface area contributed by atoms with Gasteiger partial charge in [-0.15, -0.1) is 0 Å². The van der Waals surface area contributed by atoms with Gasteiger partial charge in [0.1, 0.15) is 0 Å². The summed E-state index contributed by atoms with van der Waals surface area (Å²) < 4.78 is 0. The Morgan fingerprint density at radius 1 is 1.00 bits per heavy atom. The smallest absolute Gasteiger partial charge is 0.201 e. The second-order valence-corrected chi connectivity index (χ2v) is 3.78. The second kappa shape index (κ2) is 4.75. The Kier molecular flexibility index (Phi) is 3.14. The number of phenolic OH excluding ortho intramolecular Hbond substituents is 3. The molecule has 0 atom stereocenters. The van der Waals surface area contributed by atoms with Crippen LogP contribution in [0.5, 0.6) is 17.2 Å². The molecule has 1 heterocycles. The van der Waals surface area contributed by atoms with Crippen LogP contribution in [-0.4, -0.2) is 26.1 Å². The highest BCUT2D eigenvalue weighted by Crippen LogP contribution is 2.37. The van der Waals surface area contributed by atoms with E-state index in [-0.39, 0.29) is 17.8 Å². The molecule has 0 saturated carbocycles. The van der Waals surface area contributed by atoms with Gasteiger partial charge in [0.2, 0.25) is 5.75 Å². The van der Waals surface area contributed by atoms with E-state index in [1.807, 2.05) is 0 Å². The third-order valence-corrected chi connectivity index (χ3v) is 2.54. The van der Waals surface area contributed by atoms with Gasteiger partial charge in [0.15, 0.2) is 17.3 Å². The molecule has 18 heavy (non-hydrogen) atoms. The zero-order chi connectivity index (χ0) is 13.1. The van der Waals surface area contributed by atoms with E-state index in [9.17, 15) is 15.0 Å². The summed E-state index contributed by atoms with van der Waals surface area (Å²) in [6.45, 7) is 0. The normalized spacial score (nSPS) is 10.2. The van der Waals surface area contributed by atoms with Crippen LogP contribution < -0.4 is 0 Å². The van der Waals surface area contributed by atoms with E-state index in [2.05, 4.69) is 4.98 Å². The summed E-state index contributed by atoms with van der Waals surface area (Å²) in [5, 5.41) is 28.1. The van der Waals surface area contributed by atoms with E-state index in [1.54, 1.807) is 24.5 Å². The van der Waals surface area contributed by atoms with Crippen molar-refractivity contribution >= 4 is 5.78 Å². The number of rotatable bonds is 3. The van der Waals surface area contributed by atoms with Crippen LogP contribution in [0.4, 0.5) is 0 Å². The van der Waals surface area contributed by atoms with Crippen LogP contribution in [0.25, 0.3) is 0 Å². The number of hydrogen-bond acceptors (Lipinski definition) is 5. The molecule has 5 heteroatoms. The predicted octanol–water partition coefficient (Wildman–Crippen LogP) is 1.62. The highest BCUT2D eigenvalue weighted by atomic mass is 16.3. The predicted molar refractivity (Wildman–Crippen MR) is 63.7 cm³/mol. The maximum atomic E-state index is 11.9. The summed E-state index contributed by atoms with van der Waals surface area (Å²) in [4.78, 5) is 15.8. The summed E-state index contributed by atoms with van der Waals surface area (Å²) in [5.74, 6) is -2.11. The van der Waals surface area contributed by atoms with Crippen LogP contribution in [-0.2, 0) is 6.42 Å². The molecular weight excluding hydrogens is 234 g/mol. The molecule has 1 aromatic heterocycles. The Morgan fingerprint density at radius 2 is 1.67 bits per heavy atom. The fourth-order valence-electron chi connectivity index (χ4n) is 1.58. The van der Waals surface area contributed by atoms with Crippen molar-refractivity contribution in [3.63, 3.8) is 0 Å². The molecule has 0 bridgehead atoms. The fraction of sp³-hybridized carbons (Fsp3) is 0.0769. The third-order valence-electron chi connectivity index (χ3n) is 2.54. The molecule has 1 aromatic carbocycles. The highest BCUT2D eigenvalue weighted by molar-refractivity contribution is 6.00. The SMILES string of the molecule is O=C(Cc1ccncc1)c1ccc(O)c(O)c1O. The van der Waals surface area contributed by atoms with Crippen LogP contribution in [0.2, 0.25) is 0 Å². The first-order valence-corrected chi connectivity index (χ1v) is 5.25. The maximum absolute atomic E-state index is 11.9. The zero-order valence-corrected chi connectivity index (χ0v) is 9.37. The molecule has 0 aliphatic carbocycles. The van der Waals surface area contributed by atoms with Crippen molar-refractivity contribution in [1.82, 2.24) is 4.98 Å². The summed E-state index contributed by atoms with van der Waals surface area (Å²) in [5.41, 5.74) is 0.726. The molecule has 0 aliphatic rings. The number of pyridine rings is 1. The lowest BCUT2D eigenvalue weighted by molar-refractivity contribution is 0.0989. The van der Waals surface area contributed by atoms with Gasteiger partial charge < -0.3 is 15.3 Å². The molecular formula is C13H11NO4. The van der Waals surface area contributed by atoms with E-state index in [0.29, 0.717) is 0 Å². The summed E-state index contributed by atoms with van der Waals surface area (Å²) in [7, 11) is 0. The molecule has 0 fully saturated rings. The Balaban J connectivity index is 2.28. The Bertz CT molecular complexity index is 581. The zero-order valence-electron chi connectivity index (χ0n) is 9.37. The van der Waals surface area contributed by atoms with E-state index in [4.69, 9.17) is 5.11 Å². The molecule has 0 unspecified atom stereocenters. The minimum atomic E-state index is -0.685. The number of hydrogen-bond donors (Lipinski definition) is 3. The number of carbonyl (C=O) groups excluding carboxylic acids is 1. The summed E-state index contributed by atoms with van der Waals surface area (Å²) in [6.07, 6.45) is 3.22. The van der Waals surface area contributed by atoms with Crippen molar-refractivity contribution in [2.24, 2.45) is 0 Å². The van der Waals surface area contributed by atoms with Crippen molar-refractivity contribution in [1.29, 1.82) is 0 Å². The molecule has 3 N–H and O–H groups in total. The van der Waals surface area contributed by atoms with Gasteiger partial charge in [-0.3, -0.25) is 9.78 Å². The van der Waals surface area contributed by atoms with Crippen molar-refractivity contribution in [3.8, 4) is 17.2 Å². The molecule has 0 radical (unpaired) electrons. The minimum Gasteiger partial charge on any atom is -0.504 e. The number of ketones is 1. The number of benzene rings is 1. The van der Waals surface area contributed by atoms with E-state index >= 15 is 0 Å². The topological polar surface area (TPSA) is 90.7 Å². The van der Waals surface area contributed by atoms with E-state index < -0.39 is 17.2 Å². The number of aromatic nitrogens is 1. The van der Waals surface area contributed by atoms with E-state index in [0.717, 1.165) is 11.6 Å². The lowest BCUT2D eigenvalue weighted by Crippen LogP contribution is -2.04. The van der Waals surface area contributed by atoms with Gasteiger partial charge >= 0.3 is 0 Å². The van der Waals surface area contributed by atoms with Crippen LogP contribution in [0.3, 0.4) is 0 Å². The Hall–Kier alpha value is -2.56. The van der Waals surface area contributed by atoms with Gasteiger partial charge in [0.25, 0.3) is 0 Å². The number of nitrogens with zero attached hydrogens (tertiary/aromatic N) is 1. The molecule has 2 aromatic rings. The van der Waals surface area contributed by atoms with Crippen molar-refractivity contribution in [3.05, 3.63) is 47.8 Å². The quantitative estimate of drug-likeness (QED) is 0.564. The summed E-state index contributed by atoms with van der Waals surface area (Å²) in [6, 6.07) is 5.81. The minimum absolute atomic E-state index is 0.0258. The van der Waals surface area contributed by atoms with Crippen LogP contribution in [0, 0.1) is 0 Å². The van der Waals surface area contributed by atoms with Gasteiger partial charge in [-0.25, -0.2) is 0 Å². The van der Waals surface area contributed by atoms with Gasteiger partial charge in [0.05, 0.1) is 5.56 Å². The van der Waals surface area contributed by atoms with Crippen LogP contribution in [0.15, 0.2) is 36.7 Å². The first-order chi connectivity index (χ1) is 8.59. The molecule has 5 nitrogen and oxygen atoms in total. The second-order valence-electron chi connectivity index (χ2n) is 3.78. The van der Waals surface area contributed by atoms with Gasteiger partial charge in [-0.1, -0.05) is 0 Å². The first kappa shape index (κ1) is 11.9.